The third-order valence-corrected chi connectivity index (χ3v) is 3.41. The van der Waals surface area contributed by atoms with Crippen LogP contribution in [0.2, 0.25) is 5.02 Å². The Kier molecular flexibility index (Phi) is 4.43. The zero-order chi connectivity index (χ0) is 17.1. The molecule has 1 aromatic carbocycles. The molecule has 24 heavy (non-hydrogen) atoms. The third-order valence-electron chi connectivity index (χ3n) is 3.17. The number of phenolic OH excluding ortho intramolecular Hbond substituents is 1. The molecule has 0 aliphatic carbocycles. The first-order valence-electron chi connectivity index (χ1n) is 6.98. The van der Waals surface area contributed by atoms with Gasteiger partial charge in [-0.05, 0) is 37.3 Å². The van der Waals surface area contributed by atoms with E-state index in [9.17, 15) is 9.90 Å². The highest BCUT2D eigenvalue weighted by Crippen LogP contribution is 2.25. The highest BCUT2D eigenvalue weighted by Gasteiger charge is 2.22. The second-order valence-corrected chi connectivity index (χ2v) is 5.34. The van der Waals surface area contributed by atoms with Crippen molar-refractivity contribution in [2.75, 3.05) is 0 Å². The molecule has 7 nitrogen and oxygen atoms in total. The van der Waals surface area contributed by atoms with Crippen molar-refractivity contribution in [3.63, 3.8) is 0 Å². The van der Waals surface area contributed by atoms with Gasteiger partial charge in [-0.15, -0.1) is 0 Å². The van der Waals surface area contributed by atoms with Gasteiger partial charge in [0, 0.05) is 23.0 Å². The van der Waals surface area contributed by atoms with Crippen LogP contribution in [0.15, 0.2) is 47.2 Å². The predicted octanol–water partition coefficient (Wildman–Crippen LogP) is 3.41. The second-order valence-electron chi connectivity index (χ2n) is 4.91. The molecule has 1 atom stereocenters. The molecule has 0 spiro atoms. The van der Waals surface area contributed by atoms with E-state index in [1.54, 1.807) is 31.5 Å². The van der Waals surface area contributed by atoms with E-state index in [0.29, 0.717) is 16.4 Å². The fraction of sp³-hybridized carbons (Fsp3) is 0.125. The van der Waals surface area contributed by atoms with Gasteiger partial charge in [-0.1, -0.05) is 16.8 Å². The molecule has 2 heterocycles. The van der Waals surface area contributed by atoms with E-state index < -0.39 is 12.1 Å². The first kappa shape index (κ1) is 15.9. The second kappa shape index (κ2) is 6.67. The average Bonchev–Trinajstić information content (AvgIpc) is 3.05. The Bertz CT molecular complexity index is 867. The van der Waals surface area contributed by atoms with Crippen LogP contribution in [0.1, 0.15) is 29.3 Å². The Morgan fingerprint density at radius 1 is 1.38 bits per heavy atom. The Morgan fingerprint density at radius 2 is 2.21 bits per heavy atom. The average molecular weight is 346 g/mol. The molecule has 0 saturated heterocycles. The molecule has 3 rings (SSSR count). The van der Waals surface area contributed by atoms with Gasteiger partial charge in [-0.3, -0.25) is 4.98 Å². The van der Waals surface area contributed by atoms with Gasteiger partial charge in [0.05, 0.1) is 0 Å². The maximum atomic E-state index is 12.1. The molecule has 0 amide bonds. The molecular formula is C16H12ClN3O4. The molecule has 8 heteroatoms. The molecular weight excluding hydrogens is 334 g/mol. The van der Waals surface area contributed by atoms with Crippen LogP contribution in [0.25, 0.3) is 11.4 Å². The van der Waals surface area contributed by atoms with Gasteiger partial charge in [0.15, 0.2) is 6.10 Å². The van der Waals surface area contributed by atoms with Crippen LogP contribution in [0.5, 0.6) is 5.75 Å². The van der Waals surface area contributed by atoms with Crippen LogP contribution < -0.4 is 0 Å². The van der Waals surface area contributed by atoms with E-state index in [-0.39, 0.29) is 17.2 Å². The van der Waals surface area contributed by atoms with Gasteiger partial charge >= 0.3 is 5.97 Å². The summed E-state index contributed by atoms with van der Waals surface area (Å²) < 4.78 is 10.4. The number of nitrogens with zero attached hydrogens (tertiary/aromatic N) is 3. The molecule has 0 saturated carbocycles. The number of esters is 1. The van der Waals surface area contributed by atoms with Crippen molar-refractivity contribution in [3.05, 3.63) is 59.2 Å². The van der Waals surface area contributed by atoms with Crippen LogP contribution in [-0.2, 0) is 4.74 Å². The highest BCUT2D eigenvalue weighted by atomic mass is 35.5. The van der Waals surface area contributed by atoms with Crippen molar-refractivity contribution >= 4 is 17.6 Å². The van der Waals surface area contributed by atoms with Crippen molar-refractivity contribution in [1.29, 1.82) is 0 Å². The summed E-state index contributed by atoms with van der Waals surface area (Å²) in [4.78, 5) is 20.3. The van der Waals surface area contributed by atoms with Crippen LogP contribution in [0.3, 0.4) is 0 Å². The van der Waals surface area contributed by atoms with Gasteiger partial charge in [-0.2, -0.15) is 4.98 Å². The molecule has 0 radical (unpaired) electrons. The van der Waals surface area contributed by atoms with Crippen LogP contribution in [0, 0.1) is 0 Å². The summed E-state index contributed by atoms with van der Waals surface area (Å²) in [6, 6.07) is 7.65. The maximum absolute atomic E-state index is 12.1. The van der Waals surface area contributed by atoms with Gasteiger partial charge in [0.2, 0.25) is 5.82 Å². The third kappa shape index (κ3) is 3.36. The molecule has 0 fully saturated rings. The molecule has 0 aliphatic heterocycles. The number of hydrogen-bond acceptors (Lipinski definition) is 7. The van der Waals surface area contributed by atoms with Crippen LogP contribution >= 0.6 is 11.6 Å². The topological polar surface area (TPSA) is 98.3 Å². The Morgan fingerprint density at radius 3 is 2.92 bits per heavy atom. The fourth-order valence-electron chi connectivity index (χ4n) is 1.96. The number of pyridine rings is 1. The van der Waals surface area contributed by atoms with Crippen molar-refractivity contribution in [2.24, 2.45) is 0 Å². The molecule has 2 aromatic heterocycles. The SMILES string of the molecule is C[C@@H](OC(=O)c1ccc(Cl)cc1O)c1nc(-c2cccnc2)no1. The Hall–Kier alpha value is -2.93. The standard InChI is InChI=1S/C16H12ClN3O4/c1-9(23-16(22)12-5-4-11(17)7-13(12)21)15-19-14(20-24-15)10-3-2-6-18-8-10/h2-9,21H,1H3/t9-/m1/s1. The summed E-state index contributed by atoms with van der Waals surface area (Å²) >= 11 is 5.73. The number of carbonyl (C=O) groups is 1. The predicted molar refractivity (Wildman–Crippen MR) is 84.5 cm³/mol. The van der Waals surface area contributed by atoms with Gasteiger partial charge in [0.25, 0.3) is 5.89 Å². The van der Waals surface area contributed by atoms with Crippen LogP contribution in [-0.4, -0.2) is 26.2 Å². The lowest BCUT2D eigenvalue weighted by Gasteiger charge is -2.10. The van der Waals surface area contributed by atoms with Crippen molar-refractivity contribution in [2.45, 2.75) is 13.0 Å². The lowest BCUT2D eigenvalue weighted by Crippen LogP contribution is -2.09. The number of hydrogen-bond donors (Lipinski definition) is 1. The zero-order valence-electron chi connectivity index (χ0n) is 12.5. The molecule has 0 unspecified atom stereocenters. The van der Waals surface area contributed by atoms with Gasteiger partial charge in [-0.25, -0.2) is 4.79 Å². The first-order valence-corrected chi connectivity index (χ1v) is 7.36. The van der Waals surface area contributed by atoms with E-state index in [1.807, 2.05) is 0 Å². The minimum absolute atomic E-state index is 0.00162. The quantitative estimate of drug-likeness (QED) is 0.723. The number of aromatic hydroxyl groups is 1. The van der Waals surface area contributed by atoms with E-state index in [2.05, 4.69) is 15.1 Å². The zero-order valence-corrected chi connectivity index (χ0v) is 13.3. The smallest absolute Gasteiger partial charge is 0.342 e. The van der Waals surface area contributed by atoms with E-state index >= 15 is 0 Å². The largest absolute Gasteiger partial charge is 0.507 e. The van der Waals surface area contributed by atoms with Crippen LogP contribution in [0.4, 0.5) is 0 Å². The molecule has 3 aromatic rings. The van der Waals surface area contributed by atoms with Gasteiger partial charge in [0.1, 0.15) is 11.3 Å². The van der Waals surface area contributed by atoms with Crippen molar-refractivity contribution in [1.82, 2.24) is 15.1 Å². The summed E-state index contributed by atoms with van der Waals surface area (Å²) in [6.45, 7) is 1.59. The summed E-state index contributed by atoms with van der Waals surface area (Å²) in [7, 11) is 0. The number of benzene rings is 1. The summed E-state index contributed by atoms with van der Waals surface area (Å²) in [5, 5.41) is 13.9. The molecule has 1 N–H and O–H groups in total. The number of aromatic nitrogens is 3. The number of rotatable bonds is 4. The van der Waals surface area contributed by atoms with Crippen molar-refractivity contribution < 1.29 is 19.2 Å². The monoisotopic (exact) mass is 345 g/mol. The molecule has 0 aliphatic rings. The number of ether oxygens (including phenoxy) is 1. The van der Waals surface area contributed by atoms with Gasteiger partial charge < -0.3 is 14.4 Å². The molecule has 0 bridgehead atoms. The number of halogens is 1. The Balaban J connectivity index is 1.74. The normalized spacial score (nSPS) is 11.9. The minimum atomic E-state index is -0.787. The van der Waals surface area contributed by atoms with E-state index in [0.717, 1.165) is 0 Å². The fourth-order valence-corrected chi connectivity index (χ4v) is 2.13. The highest BCUT2D eigenvalue weighted by molar-refractivity contribution is 6.30. The summed E-state index contributed by atoms with van der Waals surface area (Å²) in [5.41, 5.74) is 0.680. The maximum Gasteiger partial charge on any atom is 0.342 e. The van der Waals surface area contributed by atoms with Crippen molar-refractivity contribution in [3.8, 4) is 17.1 Å². The Labute approximate surface area is 141 Å². The lowest BCUT2D eigenvalue weighted by molar-refractivity contribution is 0.0262. The number of carbonyl (C=O) groups excluding carboxylic acids is 1. The molecule has 122 valence electrons. The summed E-state index contributed by atoms with van der Waals surface area (Å²) in [5.74, 6) is -0.509. The number of phenols is 1. The first-order chi connectivity index (χ1) is 11.5. The van der Waals surface area contributed by atoms with E-state index in [4.69, 9.17) is 20.9 Å². The minimum Gasteiger partial charge on any atom is -0.507 e. The lowest BCUT2D eigenvalue weighted by atomic mass is 10.2. The van der Waals surface area contributed by atoms with E-state index in [1.165, 1.54) is 18.2 Å². The summed E-state index contributed by atoms with van der Waals surface area (Å²) in [6.07, 6.45) is 2.44.